The van der Waals surface area contributed by atoms with E-state index in [-0.39, 0.29) is 29.4 Å². The van der Waals surface area contributed by atoms with Gasteiger partial charge in [0.2, 0.25) is 0 Å². The Hall–Kier alpha value is -0.860. The second-order valence-electron chi connectivity index (χ2n) is 7.00. The minimum absolute atomic E-state index is 0. The predicted octanol–water partition coefficient (Wildman–Crippen LogP) is 2.86. The average molecular weight is 474 g/mol. The Balaban J connectivity index is 0.00000338. The highest BCUT2D eigenvalue weighted by Crippen LogP contribution is 2.43. The molecular formula is C20H35IN4O. The molecule has 0 aromatic heterocycles. The van der Waals surface area contributed by atoms with Crippen molar-refractivity contribution < 1.29 is 4.74 Å². The zero-order valence-corrected chi connectivity index (χ0v) is 18.8. The van der Waals surface area contributed by atoms with E-state index in [4.69, 9.17) is 4.74 Å². The van der Waals surface area contributed by atoms with E-state index in [1.54, 1.807) is 7.11 Å². The van der Waals surface area contributed by atoms with Gasteiger partial charge in [-0.15, -0.1) is 24.0 Å². The average Bonchev–Trinajstić information content (AvgIpc) is 2.60. The fraction of sp³-hybridized carbons (Fsp3) is 0.650. The van der Waals surface area contributed by atoms with Gasteiger partial charge in [-0.2, -0.15) is 0 Å². The molecule has 26 heavy (non-hydrogen) atoms. The van der Waals surface area contributed by atoms with Gasteiger partial charge in [-0.3, -0.25) is 4.99 Å². The molecule has 5 nitrogen and oxygen atoms in total. The number of aliphatic imine (C=N–C) groups is 1. The number of halogens is 1. The molecule has 0 atom stereocenters. The minimum atomic E-state index is 0. The summed E-state index contributed by atoms with van der Waals surface area (Å²) in [6.07, 6.45) is 4.89. The van der Waals surface area contributed by atoms with E-state index < -0.39 is 0 Å². The van der Waals surface area contributed by atoms with Crippen molar-refractivity contribution in [1.29, 1.82) is 0 Å². The van der Waals surface area contributed by atoms with Crippen LogP contribution in [0.4, 0.5) is 0 Å². The van der Waals surface area contributed by atoms with E-state index in [1.807, 2.05) is 7.05 Å². The number of likely N-dealkylation sites (N-methyl/N-ethyl adjacent to an activating group) is 1. The Kier molecular flexibility index (Phi) is 11.2. The lowest BCUT2D eigenvalue weighted by Crippen LogP contribution is -2.49. The van der Waals surface area contributed by atoms with Gasteiger partial charge in [0.1, 0.15) is 0 Å². The first kappa shape index (κ1) is 23.2. The van der Waals surface area contributed by atoms with E-state index in [1.165, 1.54) is 24.8 Å². The minimum Gasteiger partial charge on any atom is -0.385 e. The van der Waals surface area contributed by atoms with Crippen LogP contribution in [0.2, 0.25) is 0 Å². The normalized spacial score (nSPS) is 15.9. The summed E-state index contributed by atoms with van der Waals surface area (Å²) in [5, 5.41) is 6.97. The van der Waals surface area contributed by atoms with Crippen molar-refractivity contribution in [2.24, 2.45) is 4.99 Å². The summed E-state index contributed by atoms with van der Waals surface area (Å²) in [4.78, 5) is 6.69. The van der Waals surface area contributed by atoms with Crippen LogP contribution in [-0.4, -0.2) is 64.9 Å². The highest BCUT2D eigenvalue weighted by molar-refractivity contribution is 14.0. The zero-order chi connectivity index (χ0) is 18.0. The molecule has 1 fully saturated rings. The van der Waals surface area contributed by atoms with Gasteiger partial charge in [0.15, 0.2) is 5.96 Å². The van der Waals surface area contributed by atoms with Crippen molar-refractivity contribution in [3.8, 4) is 0 Å². The molecule has 0 heterocycles. The molecule has 2 rings (SSSR count). The van der Waals surface area contributed by atoms with E-state index in [0.717, 1.165) is 45.2 Å². The first-order chi connectivity index (χ1) is 12.2. The van der Waals surface area contributed by atoms with Crippen LogP contribution in [0.15, 0.2) is 35.3 Å². The number of hydrogen-bond donors (Lipinski definition) is 2. The fourth-order valence-corrected chi connectivity index (χ4v) is 3.39. The standard InChI is InChI=1S/C20H34N4O.HI/c1-21-19(22-13-15-24(2)14-8-16-25-3)23-17-20(11-7-12-20)18-9-5-4-6-10-18;/h4-6,9-10H,7-8,11-17H2,1-3H3,(H2,21,22,23);1H. The van der Waals surface area contributed by atoms with Gasteiger partial charge in [0.05, 0.1) is 0 Å². The third-order valence-electron chi connectivity index (χ3n) is 5.19. The molecule has 0 amide bonds. The van der Waals surface area contributed by atoms with E-state index >= 15 is 0 Å². The maximum absolute atomic E-state index is 5.10. The summed E-state index contributed by atoms with van der Waals surface area (Å²) in [7, 11) is 5.74. The summed E-state index contributed by atoms with van der Waals surface area (Å²) in [5.74, 6) is 0.896. The Labute approximate surface area is 176 Å². The second-order valence-corrected chi connectivity index (χ2v) is 7.00. The van der Waals surface area contributed by atoms with Gasteiger partial charge in [0, 0.05) is 52.4 Å². The summed E-state index contributed by atoms with van der Waals surface area (Å²) < 4.78 is 5.10. The molecule has 1 saturated carbocycles. The fourth-order valence-electron chi connectivity index (χ4n) is 3.39. The summed E-state index contributed by atoms with van der Waals surface area (Å²) in [6.45, 7) is 4.71. The van der Waals surface area contributed by atoms with Crippen molar-refractivity contribution in [3.05, 3.63) is 35.9 Å². The Bertz CT molecular complexity index is 520. The lowest BCUT2D eigenvalue weighted by Gasteiger charge is -2.43. The number of nitrogens with zero attached hydrogens (tertiary/aromatic N) is 2. The summed E-state index contributed by atoms with van der Waals surface area (Å²) >= 11 is 0. The van der Waals surface area contributed by atoms with Gasteiger partial charge in [-0.25, -0.2) is 0 Å². The van der Waals surface area contributed by atoms with Crippen molar-refractivity contribution in [1.82, 2.24) is 15.5 Å². The van der Waals surface area contributed by atoms with Gasteiger partial charge in [-0.1, -0.05) is 36.8 Å². The largest absolute Gasteiger partial charge is 0.385 e. The monoisotopic (exact) mass is 474 g/mol. The number of nitrogens with one attached hydrogen (secondary N) is 2. The number of rotatable bonds is 10. The quantitative estimate of drug-likeness (QED) is 0.237. The molecule has 1 aromatic rings. The van der Waals surface area contributed by atoms with Crippen LogP contribution < -0.4 is 10.6 Å². The van der Waals surface area contributed by atoms with Gasteiger partial charge in [0.25, 0.3) is 0 Å². The lowest BCUT2D eigenvalue weighted by molar-refractivity contribution is 0.180. The van der Waals surface area contributed by atoms with Crippen LogP contribution in [-0.2, 0) is 10.2 Å². The highest BCUT2D eigenvalue weighted by atomic mass is 127. The number of hydrogen-bond acceptors (Lipinski definition) is 3. The van der Waals surface area contributed by atoms with Crippen LogP contribution in [0.5, 0.6) is 0 Å². The Morgan fingerprint density at radius 2 is 1.92 bits per heavy atom. The Morgan fingerprint density at radius 1 is 1.19 bits per heavy atom. The first-order valence-electron chi connectivity index (χ1n) is 9.38. The molecule has 0 spiro atoms. The molecule has 0 aliphatic heterocycles. The van der Waals surface area contributed by atoms with E-state index in [2.05, 4.69) is 57.9 Å². The molecule has 6 heteroatoms. The van der Waals surface area contributed by atoms with Crippen LogP contribution in [0.25, 0.3) is 0 Å². The van der Waals surface area contributed by atoms with Crippen molar-refractivity contribution in [3.63, 3.8) is 0 Å². The predicted molar refractivity (Wildman–Crippen MR) is 121 cm³/mol. The zero-order valence-electron chi connectivity index (χ0n) is 16.5. The summed E-state index contributed by atoms with van der Waals surface area (Å²) in [6, 6.07) is 10.9. The third kappa shape index (κ3) is 7.04. The smallest absolute Gasteiger partial charge is 0.191 e. The molecular weight excluding hydrogens is 439 g/mol. The van der Waals surface area contributed by atoms with Gasteiger partial charge < -0.3 is 20.3 Å². The van der Waals surface area contributed by atoms with Gasteiger partial charge in [-0.05, 0) is 31.9 Å². The molecule has 1 aliphatic carbocycles. The maximum Gasteiger partial charge on any atom is 0.191 e. The Morgan fingerprint density at radius 3 is 2.50 bits per heavy atom. The van der Waals surface area contributed by atoms with Crippen LogP contribution in [0, 0.1) is 0 Å². The summed E-state index contributed by atoms with van der Waals surface area (Å²) in [5.41, 5.74) is 1.72. The van der Waals surface area contributed by atoms with Crippen molar-refractivity contribution in [2.45, 2.75) is 31.1 Å². The number of ether oxygens (including phenoxy) is 1. The number of guanidine groups is 1. The molecule has 0 unspecified atom stereocenters. The SMILES string of the molecule is CN=C(NCCN(C)CCCOC)NCC1(c2ccccc2)CCC1.I. The number of methoxy groups -OCH3 is 1. The topological polar surface area (TPSA) is 48.9 Å². The maximum atomic E-state index is 5.10. The van der Waals surface area contributed by atoms with Crippen LogP contribution in [0.3, 0.4) is 0 Å². The molecule has 1 aromatic carbocycles. The van der Waals surface area contributed by atoms with Gasteiger partial charge >= 0.3 is 0 Å². The van der Waals surface area contributed by atoms with E-state index in [9.17, 15) is 0 Å². The molecule has 0 saturated heterocycles. The lowest BCUT2D eigenvalue weighted by atomic mass is 9.64. The number of benzene rings is 1. The van der Waals surface area contributed by atoms with Crippen molar-refractivity contribution in [2.75, 3.05) is 54.0 Å². The third-order valence-corrected chi connectivity index (χ3v) is 5.19. The molecule has 0 radical (unpaired) electrons. The molecule has 0 bridgehead atoms. The molecule has 1 aliphatic rings. The van der Waals surface area contributed by atoms with Crippen molar-refractivity contribution >= 4 is 29.9 Å². The molecule has 2 N–H and O–H groups in total. The first-order valence-corrected chi connectivity index (χ1v) is 9.38. The van der Waals surface area contributed by atoms with Crippen LogP contribution in [0.1, 0.15) is 31.2 Å². The molecule has 148 valence electrons. The second kappa shape index (κ2) is 12.5. The highest BCUT2D eigenvalue weighted by Gasteiger charge is 2.38. The van der Waals surface area contributed by atoms with Crippen LogP contribution >= 0.6 is 24.0 Å². The van der Waals surface area contributed by atoms with E-state index in [0.29, 0.717) is 0 Å².